The van der Waals surface area contributed by atoms with Crippen molar-refractivity contribution in [1.29, 1.82) is 0 Å². The van der Waals surface area contributed by atoms with Gasteiger partial charge in [0.1, 0.15) is 0 Å². The maximum Gasteiger partial charge on any atom is 0.176 e. The molecule has 1 aromatic carbocycles. The lowest BCUT2D eigenvalue weighted by atomic mass is 10.0. The first-order valence-electron chi connectivity index (χ1n) is 6.01. The normalized spacial score (nSPS) is 12.6. The molecule has 0 saturated heterocycles. The number of hydrogen-bond donors (Lipinski definition) is 1. The van der Waals surface area contributed by atoms with Crippen molar-refractivity contribution in [3.05, 3.63) is 38.2 Å². The molecule has 0 radical (unpaired) electrons. The third kappa shape index (κ3) is 3.87. The number of aryl methyl sites for hydroxylation is 1. The molecular weight excluding hydrogens is 377 g/mol. The van der Waals surface area contributed by atoms with E-state index in [1.807, 2.05) is 12.1 Å². The van der Waals surface area contributed by atoms with Crippen LogP contribution >= 0.6 is 34.2 Å². The Kier molecular flexibility index (Phi) is 5.12. The van der Waals surface area contributed by atoms with Gasteiger partial charge in [0, 0.05) is 16.0 Å². The molecule has 0 bridgehead atoms. The Morgan fingerprint density at radius 1 is 1.47 bits per heavy atom. The Morgan fingerprint density at radius 2 is 2.26 bits per heavy atom. The third-order valence-corrected chi connectivity index (χ3v) is 4.31. The molecule has 19 heavy (non-hydrogen) atoms. The number of tetrazole rings is 1. The number of nitrogens with zero attached hydrogens (tertiary/aromatic N) is 4. The van der Waals surface area contributed by atoms with Crippen LogP contribution in [-0.2, 0) is 13.5 Å². The fourth-order valence-corrected chi connectivity index (χ4v) is 2.40. The van der Waals surface area contributed by atoms with Gasteiger partial charge in [0.2, 0.25) is 0 Å². The molecule has 0 fully saturated rings. The van der Waals surface area contributed by atoms with E-state index in [4.69, 9.17) is 11.6 Å². The molecule has 7 heteroatoms. The molecule has 1 atom stereocenters. The molecule has 0 spiro atoms. The Balaban J connectivity index is 2.21. The number of hydrogen-bond acceptors (Lipinski definition) is 4. The summed E-state index contributed by atoms with van der Waals surface area (Å²) in [5.74, 6) is 0.725. The van der Waals surface area contributed by atoms with Gasteiger partial charge in [-0.2, -0.15) is 4.80 Å². The Hall–Kier alpha value is -0.730. The first-order valence-corrected chi connectivity index (χ1v) is 7.47. The van der Waals surface area contributed by atoms with Crippen LogP contribution in [0.25, 0.3) is 0 Å². The van der Waals surface area contributed by atoms with Gasteiger partial charge in [-0.3, -0.25) is 0 Å². The minimum absolute atomic E-state index is 0.142. The van der Waals surface area contributed by atoms with Gasteiger partial charge in [-0.1, -0.05) is 24.6 Å². The standard InChI is InChI=1S/C12H15ClIN5/c1-3-15-11(7-12-16-18-19(2)17-12)8-4-5-10(14)9(13)6-8/h4-6,11,15H,3,7H2,1-2H3. The molecule has 0 aliphatic carbocycles. The second-order valence-corrected chi connectivity index (χ2v) is 5.75. The number of nitrogens with one attached hydrogen (secondary N) is 1. The topological polar surface area (TPSA) is 55.6 Å². The average molecular weight is 392 g/mol. The van der Waals surface area contributed by atoms with Crippen LogP contribution in [0.2, 0.25) is 5.02 Å². The fraction of sp³-hybridized carbons (Fsp3) is 0.417. The zero-order valence-corrected chi connectivity index (χ0v) is 13.7. The molecule has 1 aromatic heterocycles. The Morgan fingerprint density at radius 3 is 2.84 bits per heavy atom. The lowest BCUT2D eigenvalue weighted by molar-refractivity contribution is 0.534. The predicted molar refractivity (Wildman–Crippen MR) is 83.1 cm³/mol. The molecule has 0 saturated carbocycles. The molecule has 1 N–H and O–H groups in total. The van der Waals surface area contributed by atoms with Crippen LogP contribution in [0.4, 0.5) is 0 Å². The van der Waals surface area contributed by atoms with Gasteiger partial charge in [-0.05, 0) is 52.0 Å². The maximum atomic E-state index is 6.18. The lowest BCUT2D eigenvalue weighted by Crippen LogP contribution is -2.23. The van der Waals surface area contributed by atoms with Crippen molar-refractivity contribution in [3.8, 4) is 0 Å². The van der Waals surface area contributed by atoms with Crippen LogP contribution in [0.5, 0.6) is 0 Å². The summed E-state index contributed by atoms with van der Waals surface area (Å²) < 4.78 is 1.05. The fourth-order valence-electron chi connectivity index (χ4n) is 1.87. The van der Waals surface area contributed by atoms with Gasteiger partial charge in [-0.15, -0.1) is 10.2 Å². The molecule has 1 heterocycles. The van der Waals surface area contributed by atoms with Crippen LogP contribution in [0.15, 0.2) is 18.2 Å². The highest BCUT2D eigenvalue weighted by atomic mass is 127. The van der Waals surface area contributed by atoms with E-state index in [2.05, 4.69) is 56.3 Å². The highest BCUT2D eigenvalue weighted by molar-refractivity contribution is 14.1. The highest BCUT2D eigenvalue weighted by Crippen LogP contribution is 2.24. The number of rotatable bonds is 5. The first kappa shape index (κ1) is 14.7. The van der Waals surface area contributed by atoms with E-state index in [9.17, 15) is 0 Å². The van der Waals surface area contributed by atoms with Crippen molar-refractivity contribution >= 4 is 34.2 Å². The van der Waals surface area contributed by atoms with Crippen LogP contribution < -0.4 is 5.32 Å². The number of likely N-dealkylation sites (N-methyl/N-ethyl adjacent to an activating group) is 1. The molecular formula is C12H15ClIN5. The van der Waals surface area contributed by atoms with Gasteiger partial charge < -0.3 is 5.32 Å². The molecule has 2 aromatic rings. The molecule has 0 aliphatic rings. The van der Waals surface area contributed by atoms with E-state index in [0.717, 1.165) is 26.5 Å². The van der Waals surface area contributed by atoms with Crippen molar-refractivity contribution in [2.75, 3.05) is 6.54 Å². The van der Waals surface area contributed by atoms with E-state index in [1.54, 1.807) is 7.05 Å². The van der Waals surface area contributed by atoms with Gasteiger partial charge in [0.25, 0.3) is 0 Å². The van der Waals surface area contributed by atoms with Crippen molar-refractivity contribution in [3.63, 3.8) is 0 Å². The summed E-state index contributed by atoms with van der Waals surface area (Å²) in [6.45, 7) is 2.94. The first-order chi connectivity index (χ1) is 9.10. The smallest absolute Gasteiger partial charge is 0.176 e. The van der Waals surface area contributed by atoms with E-state index in [1.165, 1.54) is 4.80 Å². The largest absolute Gasteiger partial charge is 0.310 e. The second kappa shape index (κ2) is 6.62. The summed E-state index contributed by atoms with van der Waals surface area (Å²) in [6.07, 6.45) is 0.693. The summed E-state index contributed by atoms with van der Waals surface area (Å²) in [5, 5.41) is 16.3. The van der Waals surface area contributed by atoms with Crippen molar-refractivity contribution in [2.24, 2.45) is 7.05 Å². The van der Waals surface area contributed by atoms with Crippen LogP contribution in [0.3, 0.4) is 0 Å². The zero-order chi connectivity index (χ0) is 13.8. The Bertz CT molecular complexity index is 557. The summed E-state index contributed by atoms with van der Waals surface area (Å²) >= 11 is 8.40. The third-order valence-electron chi connectivity index (χ3n) is 2.73. The summed E-state index contributed by atoms with van der Waals surface area (Å²) in [5.41, 5.74) is 1.14. The highest BCUT2D eigenvalue weighted by Gasteiger charge is 2.15. The van der Waals surface area contributed by atoms with Gasteiger partial charge in [0.05, 0.1) is 12.1 Å². The maximum absolute atomic E-state index is 6.18. The Labute approximate surface area is 130 Å². The lowest BCUT2D eigenvalue weighted by Gasteiger charge is -2.17. The minimum Gasteiger partial charge on any atom is -0.310 e. The van der Waals surface area contributed by atoms with E-state index in [-0.39, 0.29) is 6.04 Å². The van der Waals surface area contributed by atoms with Gasteiger partial charge in [-0.25, -0.2) is 0 Å². The predicted octanol–water partition coefficient (Wildman–Crippen LogP) is 2.36. The van der Waals surface area contributed by atoms with Gasteiger partial charge in [0.15, 0.2) is 5.82 Å². The zero-order valence-electron chi connectivity index (χ0n) is 10.8. The number of halogens is 2. The van der Waals surface area contributed by atoms with Crippen LogP contribution in [0.1, 0.15) is 24.4 Å². The molecule has 2 rings (SSSR count). The van der Waals surface area contributed by atoms with Crippen molar-refractivity contribution in [2.45, 2.75) is 19.4 Å². The molecule has 0 amide bonds. The van der Waals surface area contributed by atoms with Crippen LogP contribution in [0, 0.1) is 3.57 Å². The monoisotopic (exact) mass is 391 g/mol. The minimum atomic E-state index is 0.142. The average Bonchev–Trinajstić information content (AvgIpc) is 2.78. The quantitative estimate of drug-likeness (QED) is 0.795. The SMILES string of the molecule is CCNC(Cc1nnn(C)n1)c1ccc(I)c(Cl)c1. The van der Waals surface area contributed by atoms with Crippen LogP contribution in [-0.4, -0.2) is 26.8 Å². The van der Waals surface area contributed by atoms with Crippen molar-refractivity contribution < 1.29 is 0 Å². The summed E-state index contributed by atoms with van der Waals surface area (Å²) in [6, 6.07) is 6.24. The van der Waals surface area contributed by atoms with E-state index < -0.39 is 0 Å². The van der Waals surface area contributed by atoms with Gasteiger partial charge >= 0.3 is 0 Å². The molecule has 1 unspecified atom stereocenters. The summed E-state index contributed by atoms with van der Waals surface area (Å²) in [4.78, 5) is 1.47. The van der Waals surface area contributed by atoms with Crippen molar-refractivity contribution in [1.82, 2.24) is 25.5 Å². The number of aromatic nitrogens is 4. The molecule has 102 valence electrons. The molecule has 0 aliphatic heterocycles. The summed E-state index contributed by atoms with van der Waals surface area (Å²) in [7, 11) is 1.76. The van der Waals surface area contributed by atoms with E-state index >= 15 is 0 Å². The number of benzene rings is 1. The second-order valence-electron chi connectivity index (χ2n) is 4.18. The molecule has 5 nitrogen and oxygen atoms in total. The van der Waals surface area contributed by atoms with E-state index in [0.29, 0.717) is 6.42 Å².